The van der Waals surface area contributed by atoms with E-state index in [1.54, 1.807) is 24.7 Å². The minimum absolute atomic E-state index is 0.129. The van der Waals surface area contributed by atoms with Gasteiger partial charge in [0.2, 0.25) is 5.91 Å². The van der Waals surface area contributed by atoms with Crippen molar-refractivity contribution in [1.82, 2.24) is 14.9 Å². The molecule has 0 bridgehead atoms. The number of nitrogens with zero attached hydrogens (tertiary/aromatic N) is 2. The Bertz CT molecular complexity index is 869. The van der Waals surface area contributed by atoms with E-state index in [4.69, 9.17) is 0 Å². The second-order valence-electron chi connectivity index (χ2n) is 5.60. The Hall–Kier alpha value is -2.93. The van der Waals surface area contributed by atoms with E-state index in [2.05, 4.69) is 15.6 Å². The molecule has 0 saturated carbocycles. The molecule has 0 radical (unpaired) electrons. The van der Waals surface area contributed by atoms with Gasteiger partial charge in [0.1, 0.15) is 0 Å². The molecule has 3 aromatic rings. The van der Waals surface area contributed by atoms with Crippen LogP contribution in [0.25, 0.3) is 5.69 Å². The molecule has 3 rings (SSSR count). The highest BCUT2D eigenvalue weighted by molar-refractivity contribution is 7.18. The van der Waals surface area contributed by atoms with Gasteiger partial charge in [-0.15, -0.1) is 11.3 Å². The second-order valence-corrected chi connectivity index (χ2v) is 6.69. The average molecular weight is 354 g/mol. The summed E-state index contributed by atoms with van der Waals surface area (Å²) < 4.78 is 1.92. The fourth-order valence-corrected chi connectivity index (χ4v) is 3.25. The van der Waals surface area contributed by atoms with Gasteiger partial charge >= 0.3 is 0 Å². The Kier molecular flexibility index (Phi) is 4.95. The first-order chi connectivity index (χ1) is 12.0. The van der Waals surface area contributed by atoms with Crippen LogP contribution in [0.5, 0.6) is 0 Å². The van der Waals surface area contributed by atoms with E-state index in [0.29, 0.717) is 9.88 Å². The summed E-state index contributed by atoms with van der Waals surface area (Å²) in [5.74, 6) is -0.312. The lowest BCUT2D eigenvalue weighted by Crippen LogP contribution is -2.25. The van der Waals surface area contributed by atoms with Crippen LogP contribution in [0, 0.1) is 0 Å². The number of carbonyl (C=O) groups is 2. The van der Waals surface area contributed by atoms with E-state index in [-0.39, 0.29) is 17.9 Å². The number of hydrogen-bond acceptors (Lipinski definition) is 4. The maximum atomic E-state index is 12.4. The van der Waals surface area contributed by atoms with Crippen LogP contribution in [0.3, 0.4) is 0 Å². The van der Waals surface area contributed by atoms with Crippen LogP contribution in [0.2, 0.25) is 0 Å². The van der Waals surface area contributed by atoms with Crippen molar-refractivity contribution in [3.05, 3.63) is 65.6 Å². The average Bonchev–Trinajstić information content (AvgIpc) is 3.26. The molecular weight excluding hydrogens is 336 g/mol. The standard InChI is InChI=1S/C18H18N4O2S/c1-12(14-3-5-15(6-4-14)22-10-9-19-11-22)20-18(24)16-7-8-17(25-16)21-13(2)23/h3-12H,1-2H3,(H,20,24)(H,21,23)/t12-/m0/s1. The SMILES string of the molecule is CC(=O)Nc1ccc(C(=O)N[C@@H](C)c2ccc(-n3ccnc3)cc2)s1. The van der Waals surface area contributed by atoms with Gasteiger partial charge in [0, 0.05) is 25.0 Å². The molecule has 6 nitrogen and oxygen atoms in total. The molecule has 25 heavy (non-hydrogen) atoms. The van der Waals surface area contributed by atoms with E-state index in [0.717, 1.165) is 11.3 Å². The molecule has 0 fully saturated rings. The van der Waals surface area contributed by atoms with Gasteiger partial charge in [-0.2, -0.15) is 0 Å². The third kappa shape index (κ3) is 4.13. The predicted octanol–water partition coefficient (Wildman–Crippen LogP) is 3.38. The summed E-state index contributed by atoms with van der Waals surface area (Å²) in [6.45, 7) is 3.38. The lowest BCUT2D eigenvalue weighted by molar-refractivity contribution is -0.114. The molecule has 0 unspecified atom stereocenters. The number of aromatic nitrogens is 2. The second kappa shape index (κ2) is 7.31. The van der Waals surface area contributed by atoms with Gasteiger partial charge in [-0.05, 0) is 36.8 Å². The number of rotatable bonds is 5. The van der Waals surface area contributed by atoms with Gasteiger partial charge < -0.3 is 15.2 Å². The summed E-state index contributed by atoms with van der Waals surface area (Å²) in [6.07, 6.45) is 5.35. The molecule has 1 aromatic carbocycles. The molecule has 7 heteroatoms. The van der Waals surface area contributed by atoms with Gasteiger partial charge in [-0.1, -0.05) is 12.1 Å². The molecule has 0 aliphatic rings. The van der Waals surface area contributed by atoms with E-state index in [1.165, 1.54) is 18.3 Å². The molecule has 128 valence electrons. The number of imidazole rings is 1. The minimum Gasteiger partial charge on any atom is -0.345 e. The fourth-order valence-electron chi connectivity index (χ4n) is 2.40. The van der Waals surface area contributed by atoms with E-state index in [1.807, 2.05) is 42.0 Å². The monoisotopic (exact) mass is 354 g/mol. The molecule has 2 heterocycles. The Morgan fingerprint density at radius 2 is 1.92 bits per heavy atom. The Morgan fingerprint density at radius 3 is 2.56 bits per heavy atom. The maximum absolute atomic E-state index is 12.4. The van der Waals surface area contributed by atoms with Gasteiger partial charge in [-0.25, -0.2) is 4.98 Å². The number of carbonyl (C=O) groups excluding carboxylic acids is 2. The minimum atomic E-state index is -0.159. The summed E-state index contributed by atoms with van der Waals surface area (Å²) in [4.78, 5) is 28.0. The summed E-state index contributed by atoms with van der Waals surface area (Å²) in [7, 11) is 0. The van der Waals surface area contributed by atoms with Crippen LogP contribution >= 0.6 is 11.3 Å². The molecule has 2 amide bonds. The highest BCUT2D eigenvalue weighted by Gasteiger charge is 2.14. The fraction of sp³-hybridized carbons (Fsp3) is 0.167. The molecule has 0 saturated heterocycles. The molecule has 0 aliphatic heterocycles. The van der Waals surface area contributed by atoms with Crippen LogP contribution < -0.4 is 10.6 Å². The summed E-state index contributed by atoms with van der Waals surface area (Å²) >= 11 is 1.25. The van der Waals surface area contributed by atoms with Crippen LogP contribution in [0.4, 0.5) is 5.00 Å². The Labute approximate surface area is 149 Å². The van der Waals surface area contributed by atoms with Gasteiger partial charge in [-0.3, -0.25) is 9.59 Å². The summed E-state index contributed by atoms with van der Waals surface area (Å²) in [6, 6.07) is 11.2. The first-order valence-electron chi connectivity index (χ1n) is 7.79. The van der Waals surface area contributed by atoms with Crippen molar-refractivity contribution in [2.75, 3.05) is 5.32 Å². The number of hydrogen-bond donors (Lipinski definition) is 2. The van der Waals surface area contributed by atoms with Crippen molar-refractivity contribution in [1.29, 1.82) is 0 Å². The van der Waals surface area contributed by atoms with Gasteiger partial charge in [0.15, 0.2) is 0 Å². The van der Waals surface area contributed by atoms with Crippen molar-refractivity contribution >= 4 is 28.2 Å². The van der Waals surface area contributed by atoms with Crippen molar-refractivity contribution in [3.63, 3.8) is 0 Å². The third-order valence-corrected chi connectivity index (χ3v) is 4.67. The van der Waals surface area contributed by atoms with Crippen molar-refractivity contribution in [2.24, 2.45) is 0 Å². The number of benzene rings is 1. The maximum Gasteiger partial charge on any atom is 0.261 e. The highest BCUT2D eigenvalue weighted by atomic mass is 32.1. The van der Waals surface area contributed by atoms with Crippen LogP contribution in [-0.4, -0.2) is 21.4 Å². The van der Waals surface area contributed by atoms with Crippen molar-refractivity contribution < 1.29 is 9.59 Å². The molecule has 2 N–H and O–H groups in total. The molecule has 0 spiro atoms. The van der Waals surface area contributed by atoms with E-state index in [9.17, 15) is 9.59 Å². The van der Waals surface area contributed by atoms with E-state index < -0.39 is 0 Å². The number of anilines is 1. The zero-order valence-corrected chi connectivity index (χ0v) is 14.7. The van der Waals surface area contributed by atoms with Gasteiger partial charge in [0.05, 0.1) is 22.2 Å². The van der Waals surface area contributed by atoms with Crippen LogP contribution in [-0.2, 0) is 4.79 Å². The molecule has 2 aromatic heterocycles. The van der Waals surface area contributed by atoms with Crippen LogP contribution in [0.15, 0.2) is 55.1 Å². The zero-order valence-electron chi connectivity index (χ0n) is 13.9. The van der Waals surface area contributed by atoms with Crippen molar-refractivity contribution in [3.8, 4) is 5.69 Å². The normalized spacial score (nSPS) is 11.8. The molecule has 1 atom stereocenters. The highest BCUT2D eigenvalue weighted by Crippen LogP contribution is 2.23. The lowest BCUT2D eigenvalue weighted by Gasteiger charge is -2.14. The molecular formula is C18H18N4O2S. The first kappa shape index (κ1) is 16.9. The topological polar surface area (TPSA) is 76.0 Å². The lowest BCUT2D eigenvalue weighted by atomic mass is 10.1. The summed E-state index contributed by atoms with van der Waals surface area (Å²) in [5.41, 5.74) is 2.02. The molecule has 0 aliphatic carbocycles. The predicted molar refractivity (Wildman–Crippen MR) is 98.1 cm³/mol. The number of thiophene rings is 1. The quantitative estimate of drug-likeness (QED) is 0.737. The largest absolute Gasteiger partial charge is 0.345 e. The zero-order chi connectivity index (χ0) is 17.8. The first-order valence-corrected chi connectivity index (χ1v) is 8.61. The number of nitrogens with one attached hydrogen (secondary N) is 2. The van der Waals surface area contributed by atoms with Gasteiger partial charge in [0.25, 0.3) is 5.91 Å². The third-order valence-electron chi connectivity index (χ3n) is 3.67. The summed E-state index contributed by atoms with van der Waals surface area (Å²) in [5, 5.41) is 6.31. The van der Waals surface area contributed by atoms with E-state index >= 15 is 0 Å². The Morgan fingerprint density at radius 1 is 1.16 bits per heavy atom. The number of amides is 2. The smallest absolute Gasteiger partial charge is 0.261 e. The van der Waals surface area contributed by atoms with Crippen molar-refractivity contribution in [2.45, 2.75) is 19.9 Å². The van der Waals surface area contributed by atoms with Crippen LogP contribution in [0.1, 0.15) is 35.1 Å². The Balaban J connectivity index is 1.65.